The molecule has 0 saturated heterocycles. The number of nitrogens with zero attached hydrogens (tertiary/aromatic N) is 2. The second kappa shape index (κ2) is 6.54. The normalized spacial score (nSPS) is 17.8. The van der Waals surface area contributed by atoms with E-state index in [9.17, 15) is 8.42 Å². The summed E-state index contributed by atoms with van der Waals surface area (Å²) < 4.78 is 29.2. The average molecular weight is 297 g/mol. The summed E-state index contributed by atoms with van der Waals surface area (Å²) in [6.45, 7) is 4.52. The van der Waals surface area contributed by atoms with Crippen LogP contribution in [0, 0.1) is 0 Å². The summed E-state index contributed by atoms with van der Waals surface area (Å²) in [5.74, 6) is 0. The molecular weight excluding hydrogens is 274 g/mol. The average Bonchev–Trinajstić information content (AvgIpc) is 2.89. The first-order valence-corrected chi connectivity index (χ1v) is 8.76. The lowest BCUT2D eigenvalue weighted by Crippen LogP contribution is -2.35. The van der Waals surface area contributed by atoms with Gasteiger partial charge in [0.05, 0.1) is 6.20 Å². The number of hydrogen-bond acceptors (Lipinski definition) is 3. The van der Waals surface area contributed by atoms with E-state index >= 15 is 0 Å². The predicted molar refractivity (Wildman–Crippen MR) is 78.9 cm³/mol. The van der Waals surface area contributed by atoms with Gasteiger partial charge >= 0.3 is 0 Å². The Bertz CT molecular complexity index is 575. The highest BCUT2D eigenvalue weighted by atomic mass is 32.2. The summed E-state index contributed by atoms with van der Waals surface area (Å²) in [6, 6.07) is 1.41. The minimum atomic E-state index is -3.51. The molecule has 112 valence electrons. The zero-order valence-electron chi connectivity index (χ0n) is 12.2. The molecule has 0 fully saturated rings. The molecule has 1 heterocycles. The van der Waals surface area contributed by atoms with Crippen LogP contribution in [-0.4, -0.2) is 24.2 Å². The molecule has 0 bridgehead atoms. The molecule has 1 aromatic heterocycles. The van der Waals surface area contributed by atoms with E-state index in [1.165, 1.54) is 18.2 Å². The van der Waals surface area contributed by atoms with Gasteiger partial charge in [0, 0.05) is 12.6 Å². The lowest BCUT2D eigenvalue weighted by Gasteiger charge is -2.21. The van der Waals surface area contributed by atoms with Crippen LogP contribution in [0.5, 0.6) is 0 Å². The summed E-state index contributed by atoms with van der Waals surface area (Å²) in [5, 5.41) is 4.33. The molecule has 1 aliphatic carbocycles. The van der Waals surface area contributed by atoms with Crippen LogP contribution in [-0.2, 0) is 16.6 Å². The molecule has 0 aromatic carbocycles. The Balaban J connectivity index is 2.14. The van der Waals surface area contributed by atoms with Crippen molar-refractivity contribution in [3.8, 4) is 0 Å². The van der Waals surface area contributed by atoms with Gasteiger partial charge in [-0.05, 0) is 45.1 Å². The molecule has 2 rings (SSSR count). The number of aryl methyl sites for hydroxylation is 1. The smallest absolute Gasteiger partial charge is 0.253 e. The highest BCUT2D eigenvalue weighted by Crippen LogP contribution is 2.21. The third kappa shape index (κ3) is 3.49. The van der Waals surface area contributed by atoms with Gasteiger partial charge in [-0.3, -0.25) is 4.68 Å². The fraction of sp³-hybridized carbons (Fsp3) is 0.643. The number of rotatable bonds is 6. The van der Waals surface area contributed by atoms with Crippen LogP contribution in [0.25, 0.3) is 0 Å². The van der Waals surface area contributed by atoms with Gasteiger partial charge in [0.15, 0.2) is 5.03 Å². The Morgan fingerprint density at radius 3 is 2.90 bits per heavy atom. The maximum atomic E-state index is 12.4. The third-order valence-electron chi connectivity index (χ3n) is 3.60. The quantitative estimate of drug-likeness (QED) is 0.820. The number of sulfonamides is 1. The maximum absolute atomic E-state index is 12.4. The van der Waals surface area contributed by atoms with Crippen molar-refractivity contribution in [1.82, 2.24) is 14.5 Å². The molecule has 1 aromatic rings. The van der Waals surface area contributed by atoms with Crippen molar-refractivity contribution in [2.45, 2.75) is 63.6 Å². The second-order valence-corrected chi connectivity index (χ2v) is 6.92. The molecule has 0 aliphatic heterocycles. The van der Waals surface area contributed by atoms with Crippen molar-refractivity contribution in [2.24, 2.45) is 0 Å². The standard InChI is InChI=1S/C14H23N3O2S/c1-3-11-17-14(9-10-15-17)20(18,19)16-12(2)13-7-5-4-6-8-13/h7,9-10,12,16H,3-6,8,11H2,1-2H3/t12-/m0/s1. The van der Waals surface area contributed by atoms with Gasteiger partial charge in [-0.25, -0.2) is 13.1 Å². The van der Waals surface area contributed by atoms with Crippen molar-refractivity contribution >= 4 is 10.0 Å². The lowest BCUT2D eigenvalue weighted by molar-refractivity contribution is 0.517. The fourth-order valence-corrected chi connectivity index (χ4v) is 3.95. The van der Waals surface area contributed by atoms with E-state index in [-0.39, 0.29) is 11.1 Å². The first-order chi connectivity index (χ1) is 9.54. The van der Waals surface area contributed by atoms with Crippen LogP contribution in [0.3, 0.4) is 0 Å². The highest BCUT2D eigenvalue weighted by Gasteiger charge is 2.23. The molecule has 1 N–H and O–H groups in total. The molecule has 1 atom stereocenters. The van der Waals surface area contributed by atoms with Crippen molar-refractivity contribution in [3.63, 3.8) is 0 Å². The third-order valence-corrected chi connectivity index (χ3v) is 5.16. The van der Waals surface area contributed by atoms with E-state index in [2.05, 4.69) is 15.9 Å². The molecule has 20 heavy (non-hydrogen) atoms. The summed E-state index contributed by atoms with van der Waals surface area (Å²) in [4.78, 5) is 0. The molecular formula is C14H23N3O2S. The summed E-state index contributed by atoms with van der Waals surface area (Å²) in [7, 11) is -3.51. The van der Waals surface area contributed by atoms with E-state index in [1.807, 2.05) is 13.8 Å². The fourth-order valence-electron chi connectivity index (χ4n) is 2.55. The Labute approximate surface area is 121 Å². The minimum Gasteiger partial charge on any atom is -0.253 e. The molecule has 0 spiro atoms. The van der Waals surface area contributed by atoms with Gasteiger partial charge in [-0.2, -0.15) is 5.10 Å². The zero-order valence-corrected chi connectivity index (χ0v) is 13.0. The van der Waals surface area contributed by atoms with Gasteiger partial charge in [0.2, 0.25) is 0 Å². The number of allylic oxidation sites excluding steroid dienone is 1. The molecule has 1 aliphatic rings. The molecule has 5 nitrogen and oxygen atoms in total. The van der Waals surface area contributed by atoms with E-state index in [0.29, 0.717) is 6.54 Å². The van der Waals surface area contributed by atoms with Gasteiger partial charge < -0.3 is 0 Å². The van der Waals surface area contributed by atoms with Gasteiger partial charge in [-0.15, -0.1) is 0 Å². The van der Waals surface area contributed by atoms with Crippen LogP contribution >= 0.6 is 0 Å². The second-order valence-electron chi connectivity index (χ2n) is 5.26. The topological polar surface area (TPSA) is 64.0 Å². The van der Waals surface area contributed by atoms with Crippen molar-refractivity contribution in [3.05, 3.63) is 23.9 Å². The minimum absolute atomic E-state index is 0.148. The van der Waals surface area contributed by atoms with E-state index in [4.69, 9.17) is 0 Å². The van der Waals surface area contributed by atoms with Crippen LogP contribution < -0.4 is 4.72 Å². The van der Waals surface area contributed by atoms with Gasteiger partial charge in [0.25, 0.3) is 10.0 Å². The van der Waals surface area contributed by atoms with Crippen molar-refractivity contribution in [1.29, 1.82) is 0 Å². The number of aromatic nitrogens is 2. The Morgan fingerprint density at radius 2 is 2.25 bits per heavy atom. The van der Waals surface area contributed by atoms with Crippen molar-refractivity contribution in [2.75, 3.05) is 0 Å². The van der Waals surface area contributed by atoms with Crippen LogP contribution in [0.15, 0.2) is 28.9 Å². The predicted octanol–water partition coefficient (Wildman–Crippen LogP) is 2.46. The number of nitrogens with one attached hydrogen (secondary N) is 1. The van der Waals surface area contributed by atoms with E-state index in [1.54, 1.807) is 10.7 Å². The summed E-state index contributed by atoms with van der Waals surface area (Å²) in [5.41, 5.74) is 1.20. The number of hydrogen-bond donors (Lipinski definition) is 1. The summed E-state index contributed by atoms with van der Waals surface area (Å²) in [6.07, 6.45) is 8.94. The largest absolute Gasteiger partial charge is 0.258 e. The van der Waals surface area contributed by atoms with Crippen LogP contribution in [0.1, 0.15) is 46.0 Å². The first kappa shape index (κ1) is 15.3. The molecule has 0 amide bonds. The molecule has 6 heteroatoms. The van der Waals surface area contributed by atoms with E-state index < -0.39 is 10.0 Å². The van der Waals surface area contributed by atoms with E-state index in [0.717, 1.165) is 25.7 Å². The van der Waals surface area contributed by atoms with Crippen LogP contribution in [0.2, 0.25) is 0 Å². The Kier molecular flexibility index (Phi) is 4.99. The zero-order chi connectivity index (χ0) is 14.6. The molecule has 0 saturated carbocycles. The van der Waals surface area contributed by atoms with Crippen molar-refractivity contribution < 1.29 is 8.42 Å². The maximum Gasteiger partial charge on any atom is 0.258 e. The molecule has 0 unspecified atom stereocenters. The first-order valence-electron chi connectivity index (χ1n) is 7.27. The van der Waals surface area contributed by atoms with Crippen LogP contribution in [0.4, 0.5) is 0 Å². The monoisotopic (exact) mass is 297 g/mol. The molecule has 0 radical (unpaired) electrons. The van der Waals surface area contributed by atoms with Gasteiger partial charge in [0.1, 0.15) is 0 Å². The highest BCUT2D eigenvalue weighted by molar-refractivity contribution is 7.89. The lowest BCUT2D eigenvalue weighted by atomic mass is 9.95. The Morgan fingerprint density at radius 1 is 1.45 bits per heavy atom. The van der Waals surface area contributed by atoms with Gasteiger partial charge in [-0.1, -0.05) is 18.6 Å². The SMILES string of the molecule is CCCn1nccc1S(=O)(=O)N[C@@H](C)C1=CCCCC1. The summed E-state index contributed by atoms with van der Waals surface area (Å²) >= 11 is 0. The Hall–Kier alpha value is -1.14.